The molecule has 0 saturated carbocycles. The third kappa shape index (κ3) is 5.13. The van der Waals surface area contributed by atoms with E-state index in [1.54, 1.807) is 26.0 Å². The summed E-state index contributed by atoms with van der Waals surface area (Å²) in [5.41, 5.74) is 1.51. The van der Waals surface area contributed by atoms with E-state index in [1.807, 2.05) is 0 Å². The molecule has 2 rings (SSSR count). The highest BCUT2D eigenvalue weighted by atomic mass is 19.3. The average molecular weight is 365 g/mol. The van der Waals surface area contributed by atoms with Crippen LogP contribution in [0.3, 0.4) is 0 Å². The first-order valence-corrected chi connectivity index (χ1v) is 7.63. The van der Waals surface area contributed by atoms with Gasteiger partial charge in [-0.25, -0.2) is 4.79 Å². The van der Waals surface area contributed by atoms with Crippen molar-refractivity contribution in [1.29, 1.82) is 0 Å². The van der Waals surface area contributed by atoms with Crippen LogP contribution in [0.4, 0.5) is 25.0 Å². The molecule has 0 heterocycles. The van der Waals surface area contributed by atoms with Gasteiger partial charge in [-0.3, -0.25) is 10.1 Å². The maximum absolute atomic E-state index is 12.1. The van der Waals surface area contributed by atoms with E-state index in [0.717, 1.165) is 0 Å². The van der Waals surface area contributed by atoms with Crippen LogP contribution in [0.2, 0.25) is 0 Å². The Labute approximate surface area is 148 Å². The number of halogens is 2. The highest BCUT2D eigenvalue weighted by Crippen LogP contribution is 2.22. The van der Waals surface area contributed by atoms with Crippen LogP contribution in [-0.2, 0) is 0 Å². The number of nitro benzene ring substituents is 1. The molecule has 0 fully saturated rings. The average Bonchev–Trinajstić information content (AvgIpc) is 2.54. The van der Waals surface area contributed by atoms with Gasteiger partial charge >= 0.3 is 12.6 Å². The van der Waals surface area contributed by atoms with Crippen molar-refractivity contribution in [1.82, 2.24) is 5.32 Å². The summed E-state index contributed by atoms with van der Waals surface area (Å²) in [4.78, 5) is 22.4. The lowest BCUT2D eigenvalue weighted by atomic mass is 10.1. The molecule has 0 aliphatic carbocycles. The Hall–Kier alpha value is -3.23. The number of amides is 2. The van der Waals surface area contributed by atoms with Crippen LogP contribution in [-0.4, -0.2) is 17.6 Å². The normalized spacial score (nSPS) is 11.7. The Kier molecular flexibility index (Phi) is 6.05. The van der Waals surface area contributed by atoms with Crippen LogP contribution in [0, 0.1) is 17.0 Å². The number of anilines is 1. The van der Waals surface area contributed by atoms with Gasteiger partial charge in [0.25, 0.3) is 5.69 Å². The minimum absolute atomic E-state index is 0.0294. The molecule has 0 radical (unpaired) electrons. The Morgan fingerprint density at radius 1 is 1.19 bits per heavy atom. The number of rotatable bonds is 6. The van der Waals surface area contributed by atoms with Gasteiger partial charge in [-0.2, -0.15) is 8.78 Å². The molecule has 7 nitrogen and oxygen atoms in total. The molecule has 2 amide bonds. The predicted octanol–water partition coefficient (Wildman–Crippen LogP) is 4.39. The van der Waals surface area contributed by atoms with Gasteiger partial charge in [0.2, 0.25) is 0 Å². The first-order valence-electron chi connectivity index (χ1n) is 7.63. The number of nitrogens with one attached hydrogen (secondary N) is 2. The summed E-state index contributed by atoms with van der Waals surface area (Å²) < 4.78 is 28.5. The molecule has 0 saturated heterocycles. The van der Waals surface area contributed by atoms with E-state index in [1.165, 1.54) is 30.3 Å². The minimum Gasteiger partial charge on any atom is -0.435 e. The lowest BCUT2D eigenvalue weighted by Gasteiger charge is -2.16. The van der Waals surface area contributed by atoms with E-state index in [9.17, 15) is 23.7 Å². The molecule has 0 bridgehead atoms. The zero-order valence-electron chi connectivity index (χ0n) is 14.0. The van der Waals surface area contributed by atoms with Crippen LogP contribution < -0.4 is 15.4 Å². The zero-order chi connectivity index (χ0) is 19.3. The first kappa shape index (κ1) is 19.1. The highest BCUT2D eigenvalue weighted by Gasteiger charge is 2.13. The third-order valence-corrected chi connectivity index (χ3v) is 3.60. The number of benzene rings is 2. The fourth-order valence-electron chi connectivity index (χ4n) is 2.32. The summed E-state index contributed by atoms with van der Waals surface area (Å²) in [6.45, 7) is 0.406. The van der Waals surface area contributed by atoms with E-state index in [0.29, 0.717) is 16.8 Å². The van der Waals surface area contributed by atoms with Gasteiger partial charge in [0.1, 0.15) is 5.75 Å². The summed E-state index contributed by atoms with van der Waals surface area (Å²) in [6.07, 6.45) is 0. The molecule has 9 heteroatoms. The van der Waals surface area contributed by atoms with Crippen molar-refractivity contribution < 1.29 is 23.2 Å². The van der Waals surface area contributed by atoms with Gasteiger partial charge in [-0.1, -0.05) is 12.1 Å². The summed E-state index contributed by atoms with van der Waals surface area (Å²) in [6, 6.07) is 9.26. The van der Waals surface area contributed by atoms with Crippen LogP contribution in [0.15, 0.2) is 42.5 Å². The topological polar surface area (TPSA) is 93.5 Å². The monoisotopic (exact) mass is 365 g/mol. The summed E-state index contributed by atoms with van der Waals surface area (Å²) in [7, 11) is 0. The van der Waals surface area contributed by atoms with Crippen LogP contribution in [0.5, 0.6) is 5.75 Å². The van der Waals surface area contributed by atoms with Crippen molar-refractivity contribution in [3.05, 3.63) is 63.7 Å². The fraction of sp³-hybridized carbons (Fsp3) is 0.235. The van der Waals surface area contributed by atoms with Crippen molar-refractivity contribution in [2.75, 3.05) is 5.32 Å². The number of nitro groups is 1. The maximum Gasteiger partial charge on any atom is 0.387 e. The van der Waals surface area contributed by atoms with Gasteiger partial charge in [-0.05, 0) is 43.7 Å². The van der Waals surface area contributed by atoms with Crippen molar-refractivity contribution in [3.63, 3.8) is 0 Å². The van der Waals surface area contributed by atoms with E-state index in [-0.39, 0.29) is 11.4 Å². The minimum atomic E-state index is -2.90. The standard InChI is InChI=1S/C17H17F2N3O4/c1-10-9-13(5-8-15(10)22(24)25)21-17(23)20-11(2)12-3-6-14(7-4-12)26-16(18)19/h3-9,11,16H,1-2H3,(H2,20,21,23). The summed E-state index contributed by atoms with van der Waals surface area (Å²) in [5, 5.41) is 16.1. The lowest BCUT2D eigenvalue weighted by molar-refractivity contribution is -0.385. The number of ether oxygens (including phenoxy) is 1. The van der Waals surface area contributed by atoms with Gasteiger partial charge in [-0.15, -0.1) is 0 Å². The summed E-state index contributed by atoms with van der Waals surface area (Å²) >= 11 is 0. The molecule has 2 aromatic carbocycles. The number of carbonyl (C=O) groups is 1. The van der Waals surface area contributed by atoms with Gasteiger partial charge < -0.3 is 15.4 Å². The van der Waals surface area contributed by atoms with Crippen molar-refractivity contribution in [2.24, 2.45) is 0 Å². The molecule has 2 N–H and O–H groups in total. The predicted molar refractivity (Wildman–Crippen MR) is 91.5 cm³/mol. The van der Waals surface area contributed by atoms with Gasteiger partial charge in [0.15, 0.2) is 0 Å². The summed E-state index contributed by atoms with van der Waals surface area (Å²) in [5.74, 6) is 0.0294. The molecule has 1 unspecified atom stereocenters. The molecule has 0 aliphatic rings. The Morgan fingerprint density at radius 3 is 2.38 bits per heavy atom. The quantitative estimate of drug-likeness (QED) is 0.586. The van der Waals surface area contributed by atoms with E-state index in [2.05, 4.69) is 15.4 Å². The molecule has 1 atom stereocenters. The van der Waals surface area contributed by atoms with E-state index >= 15 is 0 Å². The van der Waals surface area contributed by atoms with Gasteiger partial charge in [0, 0.05) is 17.3 Å². The number of carbonyl (C=O) groups excluding carboxylic acids is 1. The second-order valence-corrected chi connectivity index (χ2v) is 5.53. The molecule has 0 aromatic heterocycles. The largest absolute Gasteiger partial charge is 0.435 e. The van der Waals surface area contributed by atoms with Crippen LogP contribution >= 0.6 is 0 Å². The third-order valence-electron chi connectivity index (χ3n) is 3.60. The molecule has 2 aromatic rings. The maximum atomic E-state index is 12.1. The second-order valence-electron chi connectivity index (χ2n) is 5.53. The van der Waals surface area contributed by atoms with Crippen molar-refractivity contribution in [3.8, 4) is 5.75 Å². The van der Waals surface area contributed by atoms with Gasteiger partial charge in [0.05, 0.1) is 11.0 Å². The Bertz CT molecular complexity index is 797. The molecular formula is C17H17F2N3O4. The highest BCUT2D eigenvalue weighted by molar-refractivity contribution is 5.89. The number of hydrogen-bond donors (Lipinski definition) is 2. The van der Waals surface area contributed by atoms with Crippen molar-refractivity contribution >= 4 is 17.4 Å². The molecule has 138 valence electrons. The van der Waals surface area contributed by atoms with Crippen molar-refractivity contribution in [2.45, 2.75) is 26.5 Å². The smallest absolute Gasteiger partial charge is 0.387 e. The molecule has 0 aliphatic heterocycles. The van der Waals surface area contributed by atoms with E-state index in [4.69, 9.17) is 0 Å². The molecule has 26 heavy (non-hydrogen) atoms. The number of nitrogens with zero attached hydrogens (tertiary/aromatic N) is 1. The number of hydrogen-bond acceptors (Lipinski definition) is 4. The molecule has 0 spiro atoms. The van der Waals surface area contributed by atoms with E-state index < -0.39 is 23.6 Å². The second kappa shape index (κ2) is 8.24. The lowest BCUT2D eigenvalue weighted by Crippen LogP contribution is -2.31. The SMILES string of the molecule is Cc1cc(NC(=O)NC(C)c2ccc(OC(F)F)cc2)ccc1[N+](=O)[O-]. The van der Waals surface area contributed by atoms with Crippen LogP contribution in [0.1, 0.15) is 24.1 Å². The number of aryl methyl sites for hydroxylation is 1. The Morgan fingerprint density at radius 2 is 1.85 bits per heavy atom. The number of urea groups is 1. The first-order chi connectivity index (χ1) is 12.3. The Balaban J connectivity index is 1.96. The zero-order valence-corrected chi connectivity index (χ0v) is 14.0. The van der Waals surface area contributed by atoms with Crippen LogP contribution in [0.25, 0.3) is 0 Å². The molecular weight excluding hydrogens is 348 g/mol. The number of alkyl halides is 2. The fourth-order valence-corrected chi connectivity index (χ4v) is 2.32.